The van der Waals surface area contributed by atoms with Gasteiger partial charge in [-0.05, 0) is 29.8 Å². The molecule has 2 nitrogen and oxygen atoms in total. The smallest absolute Gasteiger partial charge is 0.110 e. The molecule has 0 atom stereocenters. The van der Waals surface area contributed by atoms with E-state index in [0.29, 0.717) is 0 Å². The van der Waals surface area contributed by atoms with Gasteiger partial charge in [0.15, 0.2) is 0 Å². The van der Waals surface area contributed by atoms with Crippen LogP contribution in [0.2, 0.25) is 0 Å². The van der Waals surface area contributed by atoms with Crippen molar-refractivity contribution in [1.29, 1.82) is 0 Å². The number of hydrogen-bond acceptors (Lipinski definition) is 1. The fourth-order valence-electron chi connectivity index (χ4n) is 2.12. The first-order valence-electron chi connectivity index (χ1n) is 6.36. The Kier molecular flexibility index (Phi) is 4.62. The van der Waals surface area contributed by atoms with Crippen LogP contribution in [0.1, 0.15) is 11.4 Å². The fourth-order valence-corrected chi connectivity index (χ4v) is 3.36. The summed E-state index contributed by atoms with van der Waals surface area (Å²) in [5.74, 6) is 0.948. The Bertz CT molecular complexity index is 781. The third-order valence-corrected chi connectivity index (χ3v) is 5.12. The molecule has 0 aliphatic carbocycles. The summed E-state index contributed by atoms with van der Waals surface area (Å²) in [6, 6.07) is 14.3. The minimum atomic E-state index is 0.771. The quantitative estimate of drug-likeness (QED) is 0.503. The largest absolute Gasteiger partial charge is 0.342 e. The number of halogens is 3. The van der Waals surface area contributed by atoms with E-state index in [2.05, 4.69) is 69.9 Å². The van der Waals surface area contributed by atoms with Gasteiger partial charge in [0.05, 0.1) is 11.9 Å². The van der Waals surface area contributed by atoms with Gasteiger partial charge in [0, 0.05) is 25.4 Å². The Hall–Kier alpha value is -0.910. The van der Waals surface area contributed by atoms with Gasteiger partial charge >= 0.3 is 0 Å². The molecular weight excluding hydrogens is 460 g/mol. The second-order valence-corrected chi connectivity index (χ2v) is 7.26. The highest BCUT2D eigenvalue weighted by Crippen LogP contribution is 2.30. The Morgan fingerprint density at radius 2 is 1.76 bits per heavy atom. The predicted octanol–water partition coefficient (Wildman–Crippen LogP) is 5.96. The molecule has 0 aliphatic heterocycles. The van der Waals surface area contributed by atoms with Gasteiger partial charge in [-0.1, -0.05) is 66.0 Å². The van der Waals surface area contributed by atoms with Crippen LogP contribution < -0.4 is 0 Å². The molecule has 0 bridgehead atoms. The predicted molar refractivity (Wildman–Crippen MR) is 96.4 cm³/mol. The molecule has 0 saturated heterocycles. The van der Waals surface area contributed by atoms with E-state index in [1.807, 2.05) is 36.5 Å². The highest BCUT2D eigenvalue weighted by molar-refractivity contribution is 9.11. The lowest BCUT2D eigenvalue weighted by molar-refractivity contribution is 1.02. The summed E-state index contributed by atoms with van der Waals surface area (Å²) in [6.45, 7) is 0. The SMILES string of the molecule is Brc1ccc(Br)c(-c2cnc(Cc3ccccc3Br)[nH]2)c1. The molecule has 0 unspecified atom stereocenters. The molecule has 3 aromatic rings. The molecule has 0 spiro atoms. The van der Waals surface area contributed by atoms with Crippen molar-refractivity contribution >= 4 is 47.8 Å². The molecule has 0 saturated carbocycles. The number of hydrogen-bond donors (Lipinski definition) is 1. The number of nitrogens with zero attached hydrogens (tertiary/aromatic N) is 1. The number of rotatable bonds is 3. The molecule has 0 fully saturated rings. The molecular formula is C16H11Br3N2. The van der Waals surface area contributed by atoms with E-state index in [1.165, 1.54) is 5.56 Å². The monoisotopic (exact) mass is 468 g/mol. The molecule has 106 valence electrons. The first-order valence-corrected chi connectivity index (χ1v) is 8.74. The lowest BCUT2D eigenvalue weighted by atomic mass is 10.1. The number of benzene rings is 2. The summed E-state index contributed by atoms with van der Waals surface area (Å²) in [5.41, 5.74) is 3.31. The number of nitrogens with one attached hydrogen (secondary N) is 1. The van der Waals surface area contributed by atoms with Gasteiger partial charge < -0.3 is 4.98 Å². The first kappa shape index (κ1) is 15.0. The van der Waals surface area contributed by atoms with Gasteiger partial charge in [-0.15, -0.1) is 0 Å². The second kappa shape index (κ2) is 6.46. The van der Waals surface area contributed by atoms with E-state index in [4.69, 9.17) is 0 Å². The van der Waals surface area contributed by atoms with Gasteiger partial charge in [0.1, 0.15) is 5.82 Å². The zero-order valence-corrected chi connectivity index (χ0v) is 15.7. The summed E-state index contributed by atoms with van der Waals surface area (Å²) < 4.78 is 3.19. The van der Waals surface area contributed by atoms with Gasteiger partial charge in [0.2, 0.25) is 0 Å². The maximum absolute atomic E-state index is 4.49. The standard InChI is InChI=1S/C16H11Br3N2/c17-11-5-6-14(19)12(8-11)15-9-20-16(21-15)7-10-3-1-2-4-13(10)18/h1-6,8-9H,7H2,(H,20,21). The van der Waals surface area contributed by atoms with Crippen LogP contribution in [0.25, 0.3) is 11.3 Å². The lowest BCUT2D eigenvalue weighted by Crippen LogP contribution is -1.92. The number of aromatic amines is 1. The third kappa shape index (κ3) is 3.47. The minimum Gasteiger partial charge on any atom is -0.342 e. The molecule has 0 amide bonds. The number of imidazole rings is 1. The van der Waals surface area contributed by atoms with E-state index in [0.717, 1.165) is 36.9 Å². The summed E-state index contributed by atoms with van der Waals surface area (Å²) in [5, 5.41) is 0. The van der Waals surface area contributed by atoms with E-state index in [9.17, 15) is 0 Å². The molecule has 5 heteroatoms. The molecule has 1 heterocycles. The van der Waals surface area contributed by atoms with E-state index in [1.54, 1.807) is 0 Å². The summed E-state index contributed by atoms with van der Waals surface area (Å²) >= 11 is 10.7. The Labute approximate surface area is 148 Å². The van der Waals surface area contributed by atoms with Crippen LogP contribution in [-0.2, 0) is 6.42 Å². The molecule has 1 N–H and O–H groups in total. The molecule has 3 rings (SSSR count). The van der Waals surface area contributed by atoms with Crippen LogP contribution in [0, 0.1) is 0 Å². The molecule has 0 aliphatic rings. The zero-order chi connectivity index (χ0) is 14.8. The van der Waals surface area contributed by atoms with Crippen molar-refractivity contribution < 1.29 is 0 Å². The third-order valence-electron chi connectivity index (χ3n) is 3.16. The van der Waals surface area contributed by atoms with Crippen LogP contribution in [0.5, 0.6) is 0 Å². The van der Waals surface area contributed by atoms with Gasteiger partial charge in [0.25, 0.3) is 0 Å². The number of aromatic nitrogens is 2. The number of H-pyrrole nitrogens is 1. The molecule has 1 aromatic heterocycles. The Balaban J connectivity index is 1.90. The first-order chi connectivity index (χ1) is 10.1. The Morgan fingerprint density at radius 1 is 0.952 bits per heavy atom. The molecule has 21 heavy (non-hydrogen) atoms. The van der Waals surface area contributed by atoms with Crippen LogP contribution in [-0.4, -0.2) is 9.97 Å². The summed E-state index contributed by atoms with van der Waals surface area (Å²) in [6.07, 6.45) is 2.64. The second-order valence-electron chi connectivity index (χ2n) is 4.64. The van der Waals surface area contributed by atoms with Crippen molar-refractivity contribution in [2.24, 2.45) is 0 Å². The fraction of sp³-hybridized carbons (Fsp3) is 0.0625. The average Bonchev–Trinajstić information content (AvgIpc) is 2.92. The van der Waals surface area contributed by atoms with Crippen molar-refractivity contribution in [3.05, 3.63) is 73.5 Å². The lowest BCUT2D eigenvalue weighted by Gasteiger charge is -2.03. The highest BCUT2D eigenvalue weighted by atomic mass is 79.9. The normalized spacial score (nSPS) is 10.8. The van der Waals surface area contributed by atoms with Crippen LogP contribution in [0.15, 0.2) is 62.1 Å². The maximum atomic E-state index is 4.49. The zero-order valence-electron chi connectivity index (χ0n) is 10.9. The highest BCUT2D eigenvalue weighted by Gasteiger charge is 2.09. The van der Waals surface area contributed by atoms with Crippen molar-refractivity contribution in [2.45, 2.75) is 6.42 Å². The molecule has 2 aromatic carbocycles. The van der Waals surface area contributed by atoms with E-state index < -0.39 is 0 Å². The van der Waals surface area contributed by atoms with Gasteiger partial charge in [-0.2, -0.15) is 0 Å². The maximum Gasteiger partial charge on any atom is 0.110 e. The Morgan fingerprint density at radius 3 is 2.57 bits per heavy atom. The van der Waals surface area contributed by atoms with Gasteiger partial charge in [-0.25, -0.2) is 4.98 Å². The van der Waals surface area contributed by atoms with E-state index in [-0.39, 0.29) is 0 Å². The minimum absolute atomic E-state index is 0.771. The summed E-state index contributed by atoms with van der Waals surface area (Å²) in [7, 11) is 0. The van der Waals surface area contributed by atoms with Crippen molar-refractivity contribution in [1.82, 2.24) is 9.97 Å². The average molecular weight is 471 g/mol. The van der Waals surface area contributed by atoms with E-state index >= 15 is 0 Å². The van der Waals surface area contributed by atoms with Crippen LogP contribution in [0.4, 0.5) is 0 Å². The van der Waals surface area contributed by atoms with Crippen molar-refractivity contribution in [2.75, 3.05) is 0 Å². The van der Waals surface area contributed by atoms with Gasteiger partial charge in [-0.3, -0.25) is 0 Å². The summed E-state index contributed by atoms with van der Waals surface area (Å²) in [4.78, 5) is 7.88. The van der Waals surface area contributed by atoms with Crippen LogP contribution >= 0.6 is 47.8 Å². The molecule has 0 radical (unpaired) electrons. The van der Waals surface area contributed by atoms with Crippen molar-refractivity contribution in [3.8, 4) is 11.3 Å². The topological polar surface area (TPSA) is 28.7 Å². The van der Waals surface area contributed by atoms with Crippen LogP contribution in [0.3, 0.4) is 0 Å². The van der Waals surface area contributed by atoms with Crippen molar-refractivity contribution in [3.63, 3.8) is 0 Å².